The summed E-state index contributed by atoms with van der Waals surface area (Å²) in [6.07, 6.45) is 1.01. The molecule has 0 saturated carbocycles. The smallest absolute Gasteiger partial charge is 0.0791 e. The van der Waals surface area contributed by atoms with E-state index < -0.39 is 0 Å². The lowest BCUT2D eigenvalue weighted by Gasteiger charge is -2.18. The molecule has 0 aromatic heterocycles. The number of thioether (sulfide) groups is 1. The van der Waals surface area contributed by atoms with Crippen molar-refractivity contribution in [1.82, 2.24) is 10.2 Å². The molecule has 0 aromatic carbocycles. The minimum absolute atomic E-state index is 0.236. The normalized spacial score (nSPS) is 25.4. The summed E-state index contributed by atoms with van der Waals surface area (Å²) in [6.45, 7) is 1.47. The van der Waals surface area contributed by atoms with Crippen LogP contribution in [0.2, 0.25) is 0 Å². The Balaban J connectivity index is 2.03. The van der Waals surface area contributed by atoms with Crippen LogP contribution in [0.4, 0.5) is 0 Å². The van der Waals surface area contributed by atoms with Crippen molar-refractivity contribution in [2.75, 3.05) is 38.7 Å². The van der Waals surface area contributed by atoms with Crippen LogP contribution in [0.3, 0.4) is 0 Å². The minimum Gasteiger partial charge on any atom is -0.390 e. The van der Waals surface area contributed by atoms with Gasteiger partial charge in [0.2, 0.25) is 0 Å². The van der Waals surface area contributed by atoms with E-state index in [2.05, 4.69) is 5.32 Å². The Morgan fingerprint density at radius 1 is 1.62 bits per heavy atom. The van der Waals surface area contributed by atoms with Crippen LogP contribution >= 0.6 is 11.8 Å². The van der Waals surface area contributed by atoms with Crippen LogP contribution < -0.4 is 5.32 Å². The Labute approximate surface area is 84.9 Å². The predicted molar refractivity (Wildman–Crippen MR) is 58.3 cm³/mol. The van der Waals surface area contributed by atoms with Crippen LogP contribution in [-0.2, 0) is 0 Å². The molecule has 1 aliphatic rings. The summed E-state index contributed by atoms with van der Waals surface area (Å²) < 4.78 is 0. The summed E-state index contributed by atoms with van der Waals surface area (Å²) in [6, 6.07) is 0.627. The van der Waals surface area contributed by atoms with Crippen molar-refractivity contribution in [2.24, 2.45) is 0 Å². The lowest BCUT2D eigenvalue weighted by molar-refractivity contribution is 0.132. The fraction of sp³-hybridized carbons (Fsp3) is 1.00. The Bertz CT molecular complexity index is 138. The fourth-order valence-corrected chi connectivity index (χ4v) is 2.67. The van der Waals surface area contributed by atoms with Crippen molar-refractivity contribution in [3.8, 4) is 0 Å². The first-order chi connectivity index (χ1) is 6.18. The molecule has 2 atom stereocenters. The second-order valence-electron chi connectivity index (χ2n) is 3.88. The molecule has 1 saturated heterocycles. The second-order valence-corrected chi connectivity index (χ2v) is 5.03. The van der Waals surface area contributed by atoms with E-state index in [9.17, 15) is 5.11 Å². The highest BCUT2D eigenvalue weighted by Crippen LogP contribution is 2.16. The average molecular weight is 204 g/mol. The third kappa shape index (κ3) is 4.86. The molecule has 4 heteroatoms. The first-order valence-corrected chi connectivity index (χ1v) is 5.98. The minimum atomic E-state index is -0.236. The number of rotatable bonds is 5. The summed E-state index contributed by atoms with van der Waals surface area (Å²) in [5.74, 6) is 2.47. The standard InChI is InChI=1S/C9H20N2OS/c1-11(2)6-9(12)5-10-8-3-4-13-7-8/h8-10,12H,3-7H2,1-2H3. The van der Waals surface area contributed by atoms with Crippen LogP contribution in [0, 0.1) is 0 Å². The van der Waals surface area contributed by atoms with Crippen LogP contribution in [0.1, 0.15) is 6.42 Å². The molecular weight excluding hydrogens is 184 g/mol. The number of nitrogens with zero attached hydrogens (tertiary/aromatic N) is 1. The zero-order valence-corrected chi connectivity index (χ0v) is 9.31. The van der Waals surface area contributed by atoms with E-state index in [0.717, 1.165) is 13.1 Å². The molecule has 0 amide bonds. The zero-order valence-electron chi connectivity index (χ0n) is 8.49. The van der Waals surface area contributed by atoms with Crippen molar-refractivity contribution < 1.29 is 5.11 Å². The van der Waals surface area contributed by atoms with Gasteiger partial charge in [-0.05, 0) is 26.3 Å². The molecule has 2 N–H and O–H groups in total. The number of hydrogen-bond donors (Lipinski definition) is 2. The maximum absolute atomic E-state index is 9.57. The van der Waals surface area contributed by atoms with E-state index in [1.165, 1.54) is 17.9 Å². The molecule has 0 aromatic rings. The van der Waals surface area contributed by atoms with Gasteiger partial charge in [-0.15, -0.1) is 0 Å². The molecular formula is C9H20N2OS. The first-order valence-electron chi connectivity index (χ1n) is 4.82. The average Bonchev–Trinajstić information content (AvgIpc) is 2.51. The summed E-state index contributed by atoms with van der Waals surface area (Å²) >= 11 is 1.99. The molecule has 1 aliphatic heterocycles. The van der Waals surface area contributed by atoms with Gasteiger partial charge in [0.15, 0.2) is 0 Å². The van der Waals surface area contributed by atoms with Gasteiger partial charge >= 0.3 is 0 Å². The van der Waals surface area contributed by atoms with Crippen molar-refractivity contribution in [3.05, 3.63) is 0 Å². The Kier molecular flexibility index (Phi) is 5.09. The van der Waals surface area contributed by atoms with Crippen LogP contribution in [0.25, 0.3) is 0 Å². The maximum atomic E-state index is 9.57. The van der Waals surface area contributed by atoms with Gasteiger partial charge in [-0.2, -0.15) is 11.8 Å². The third-order valence-corrected chi connectivity index (χ3v) is 3.31. The van der Waals surface area contributed by atoms with Gasteiger partial charge in [-0.3, -0.25) is 0 Å². The van der Waals surface area contributed by atoms with Crippen LogP contribution in [0.5, 0.6) is 0 Å². The van der Waals surface area contributed by atoms with Gasteiger partial charge in [0.25, 0.3) is 0 Å². The van der Waals surface area contributed by atoms with Crippen molar-refractivity contribution >= 4 is 11.8 Å². The second kappa shape index (κ2) is 5.86. The monoisotopic (exact) mass is 204 g/mol. The lowest BCUT2D eigenvalue weighted by atomic mass is 10.2. The van der Waals surface area contributed by atoms with Gasteiger partial charge in [0.05, 0.1) is 6.10 Å². The molecule has 2 unspecified atom stereocenters. The molecule has 13 heavy (non-hydrogen) atoms. The maximum Gasteiger partial charge on any atom is 0.0791 e. The van der Waals surface area contributed by atoms with E-state index in [4.69, 9.17) is 0 Å². The van der Waals surface area contributed by atoms with E-state index in [1.54, 1.807) is 0 Å². The number of aliphatic hydroxyl groups excluding tert-OH is 1. The quantitative estimate of drug-likeness (QED) is 0.661. The number of nitrogens with one attached hydrogen (secondary N) is 1. The van der Waals surface area contributed by atoms with Gasteiger partial charge in [-0.1, -0.05) is 0 Å². The van der Waals surface area contributed by atoms with E-state index >= 15 is 0 Å². The molecule has 3 nitrogen and oxygen atoms in total. The van der Waals surface area contributed by atoms with Crippen LogP contribution in [-0.4, -0.2) is 60.8 Å². The fourth-order valence-electron chi connectivity index (χ4n) is 1.48. The van der Waals surface area contributed by atoms with Crippen molar-refractivity contribution in [1.29, 1.82) is 0 Å². The third-order valence-electron chi connectivity index (χ3n) is 2.15. The van der Waals surface area contributed by atoms with Gasteiger partial charge in [0.1, 0.15) is 0 Å². The molecule has 0 spiro atoms. The Hall–Kier alpha value is 0.230. The molecule has 1 fully saturated rings. The highest BCUT2D eigenvalue weighted by Gasteiger charge is 2.15. The van der Waals surface area contributed by atoms with Gasteiger partial charge < -0.3 is 15.3 Å². The van der Waals surface area contributed by atoms with Crippen molar-refractivity contribution in [2.45, 2.75) is 18.6 Å². The predicted octanol–water partition coefficient (Wildman–Crippen LogP) is 0.00400. The molecule has 0 aliphatic carbocycles. The van der Waals surface area contributed by atoms with E-state index in [1.807, 2.05) is 30.8 Å². The molecule has 0 radical (unpaired) electrons. The summed E-state index contributed by atoms with van der Waals surface area (Å²) in [7, 11) is 3.96. The number of likely N-dealkylation sites (N-methyl/N-ethyl adjacent to an activating group) is 1. The number of aliphatic hydroxyl groups is 1. The largest absolute Gasteiger partial charge is 0.390 e. The van der Waals surface area contributed by atoms with Gasteiger partial charge in [0, 0.05) is 24.9 Å². The summed E-state index contributed by atoms with van der Waals surface area (Å²) in [5.41, 5.74) is 0. The first kappa shape index (κ1) is 11.3. The topological polar surface area (TPSA) is 35.5 Å². The highest BCUT2D eigenvalue weighted by atomic mass is 32.2. The number of hydrogen-bond acceptors (Lipinski definition) is 4. The summed E-state index contributed by atoms with van der Waals surface area (Å²) in [4.78, 5) is 2.01. The SMILES string of the molecule is CN(C)CC(O)CNC1CCSC1. The Morgan fingerprint density at radius 3 is 2.92 bits per heavy atom. The van der Waals surface area contributed by atoms with Gasteiger partial charge in [-0.25, -0.2) is 0 Å². The molecule has 1 rings (SSSR count). The highest BCUT2D eigenvalue weighted by molar-refractivity contribution is 7.99. The van der Waals surface area contributed by atoms with E-state index in [0.29, 0.717) is 6.04 Å². The lowest BCUT2D eigenvalue weighted by Crippen LogP contribution is -2.39. The molecule has 78 valence electrons. The molecule has 1 heterocycles. The van der Waals surface area contributed by atoms with Crippen molar-refractivity contribution in [3.63, 3.8) is 0 Å². The zero-order chi connectivity index (χ0) is 9.68. The van der Waals surface area contributed by atoms with E-state index in [-0.39, 0.29) is 6.10 Å². The summed E-state index contributed by atoms with van der Waals surface area (Å²) in [5, 5.41) is 13.0. The molecule has 0 bridgehead atoms. The Morgan fingerprint density at radius 2 is 2.38 bits per heavy atom. The van der Waals surface area contributed by atoms with Crippen LogP contribution in [0.15, 0.2) is 0 Å².